The zero-order valence-electron chi connectivity index (χ0n) is 14.2. The van der Waals surface area contributed by atoms with E-state index in [2.05, 4.69) is 20.8 Å². The molecule has 0 aromatic heterocycles. The lowest BCUT2D eigenvalue weighted by Gasteiger charge is -2.56. The van der Waals surface area contributed by atoms with Gasteiger partial charge < -0.3 is 0 Å². The number of carbonyl (C=O) groups is 2. The highest BCUT2D eigenvalue weighted by Crippen LogP contribution is 2.65. The van der Waals surface area contributed by atoms with E-state index in [0.717, 1.165) is 23.8 Å². The van der Waals surface area contributed by atoms with Crippen LogP contribution in [0.3, 0.4) is 0 Å². The summed E-state index contributed by atoms with van der Waals surface area (Å²) in [6, 6.07) is 0. The van der Waals surface area contributed by atoms with Gasteiger partial charge in [-0.3, -0.25) is 9.59 Å². The Morgan fingerprint density at radius 1 is 1.14 bits per heavy atom. The van der Waals surface area contributed by atoms with Crippen molar-refractivity contribution in [2.45, 2.75) is 65.7 Å². The maximum atomic E-state index is 12.8. The predicted octanol–water partition coefficient (Wildman–Crippen LogP) is 4.33. The Morgan fingerprint density at radius 2 is 1.91 bits per heavy atom. The molecular weight excluding hydrogens is 272 g/mol. The molecule has 1 unspecified atom stereocenters. The van der Waals surface area contributed by atoms with E-state index in [-0.39, 0.29) is 23.4 Å². The number of hydrogen-bond donors (Lipinski definition) is 0. The van der Waals surface area contributed by atoms with Gasteiger partial charge in [0.05, 0.1) is 11.8 Å². The maximum absolute atomic E-state index is 12.8. The van der Waals surface area contributed by atoms with Crippen LogP contribution in [0.1, 0.15) is 65.7 Å². The minimum atomic E-state index is -0.329. The maximum Gasteiger partial charge on any atom is 0.163 e. The van der Waals surface area contributed by atoms with Crippen LogP contribution in [0.4, 0.5) is 0 Å². The first-order valence-electron chi connectivity index (χ1n) is 9.12. The van der Waals surface area contributed by atoms with E-state index in [1.54, 1.807) is 0 Å². The summed E-state index contributed by atoms with van der Waals surface area (Å²) in [5.74, 6) is 3.05. The molecule has 2 heteroatoms. The highest BCUT2D eigenvalue weighted by atomic mass is 16.1. The van der Waals surface area contributed by atoms with E-state index in [9.17, 15) is 9.59 Å². The van der Waals surface area contributed by atoms with Gasteiger partial charge in [-0.15, -0.1) is 0 Å². The number of allylic oxidation sites excluding steroid dienone is 1. The molecule has 0 saturated heterocycles. The number of carbonyl (C=O) groups excluding carboxylic acids is 2. The number of fused-ring (bicyclic) bond motifs is 5. The van der Waals surface area contributed by atoms with Crippen LogP contribution in [0.15, 0.2) is 11.6 Å². The lowest BCUT2D eigenvalue weighted by Crippen LogP contribution is -2.52. The second-order valence-corrected chi connectivity index (χ2v) is 9.09. The van der Waals surface area contributed by atoms with E-state index >= 15 is 0 Å². The summed E-state index contributed by atoms with van der Waals surface area (Å²) >= 11 is 0. The van der Waals surface area contributed by atoms with Crippen molar-refractivity contribution in [3.63, 3.8) is 0 Å². The largest absolute Gasteiger partial charge is 0.298 e. The Balaban J connectivity index is 1.73. The second-order valence-electron chi connectivity index (χ2n) is 9.09. The Kier molecular flexibility index (Phi) is 3.03. The fraction of sp³-hybridized carbons (Fsp3) is 0.800. The van der Waals surface area contributed by atoms with Crippen molar-refractivity contribution in [2.75, 3.05) is 0 Å². The third kappa shape index (κ3) is 1.79. The quantitative estimate of drug-likeness (QED) is 0.624. The van der Waals surface area contributed by atoms with Crippen molar-refractivity contribution in [1.29, 1.82) is 0 Å². The fourth-order valence-corrected chi connectivity index (χ4v) is 6.84. The molecule has 0 N–H and O–H groups in total. The molecule has 0 aliphatic heterocycles. The summed E-state index contributed by atoms with van der Waals surface area (Å²) in [4.78, 5) is 24.6. The second kappa shape index (κ2) is 4.55. The van der Waals surface area contributed by atoms with Gasteiger partial charge in [0.1, 0.15) is 0 Å². The molecule has 3 saturated carbocycles. The van der Waals surface area contributed by atoms with Crippen LogP contribution < -0.4 is 0 Å². The molecule has 0 amide bonds. The zero-order chi connectivity index (χ0) is 15.7. The molecule has 0 aromatic carbocycles. The number of hydrogen-bond acceptors (Lipinski definition) is 2. The minimum absolute atomic E-state index is 0.0334. The third-order valence-corrected chi connectivity index (χ3v) is 7.83. The SMILES string of the molecule is CC1C[C@H]2[C@@H]3CCC4=CC(=O)CC(=O)[C@]4(C)[C@H]3CC[C@]2(C)C1. The van der Waals surface area contributed by atoms with Gasteiger partial charge in [0.2, 0.25) is 0 Å². The third-order valence-electron chi connectivity index (χ3n) is 7.83. The first kappa shape index (κ1) is 14.7. The summed E-state index contributed by atoms with van der Waals surface area (Å²) in [6.45, 7) is 7.06. The molecule has 4 aliphatic rings. The van der Waals surface area contributed by atoms with Crippen LogP contribution in [-0.2, 0) is 9.59 Å². The van der Waals surface area contributed by atoms with Gasteiger partial charge in [-0.1, -0.05) is 19.4 Å². The van der Waals surface area contributed by atoms with Gasteiger partial charge in [0.25, 0.3) is 0 Å². The molecule has 0 radical (unpaired) electrons. The number of rotatable bonds is 0. The van der Waals surface area contributed by atoms with E-state index in [1.807, 2.05) is 6.08 Å². The molecule has 0 heterocycles. The molecule has 0 aromatic rings. The van der Waals surface area contributed by atoms with Crippen molar-refractivity contribution < 1.29 is 9.59 Å². The standard InChI is InChI=1S/C20H28O2/c1-12-8-17-15-5-4-13-9-14(21)10-18(22)20(13,3)16(15)6-7-19(17,2)11-12/h9,12,15-17H,4-8,10-11H2,1-3H3/t12?,15-,16+,17+,19-,20+/m1/s1. The molecule has 3 fully saturated rings. The molecule has 6 atom stereocenters. The van der Waals surface area contributed by atoms with Crippen molar-refractivity contribution >= 4 is 11.6 Å². The van der Waals surface area contributed by atoms with Gasteiger partial charge in [-0.25, -0.2) is 0 Å². The van der Waals surface area contributed by atoms with E-state index < -0.39 is 0 Å². The number of ketones is 2. The summed E-state index contributed by atoms with van der Waals surface area (Å²) in [5, 5.41) is 0. The van der Waals surface area contributed by atoms with Crippen molar-refractivity contribution in [3.8, 4) is 0 Å². The molecule has 120 valence electrons. The van der Waals surface area contributed by atoms with Crippen molar-refractivity contribution in [2.24, 2.45) is 34.5 Å². The van der Waals surface area contributed by atoms with Gasteiger partial charge in [-0.05, 0) is 80.6 Å². The van der Waals surface area contributed by atoms with Crippen LogP contribution in [-0.4, -0.2) is 11.6 Å². The van der Waals surface area contributed by atoms with Crippen molar-refractivity contribution in [3.05, 3.63) is 11.6 Å². The monoisotopic (exact) mass is 300 g/mol. The molecule has 0 bridgehead atoms. The Labute approximate surface area is 133 Å². The summed E-state index contributed by atoms with van der Waals surface area (Å²) in [5.41, 5.74) is 1.33. The van der Waals surface area contributed by atoms with Gasteiger partial charge in [0, 0.05) is 0 Å². The van der Waals surface area contributed by atoms with Crippen LogP contribution in [0.25, 0.3) is 0 Å². The Morgan fingerprint density at radius 3 is 2.68 bits per heavy atom. The first-order valence-corrected chi connectivity index (χ1v) is 9.12. The van der Waals surface area contributed by atoms with Crippen molar-refractivity contribution in [1.82, 2.24) is 0 Å². The zero-order valence-corrected chi connectivity index (χ0v) is 14.2. The summed E-state index contributed by atoms with van der Waals surface area (Å²) in [7, 11) is 0. The predicted molar refractivity (Wildman–Crippen MR) is 86.3 cm³/mol. The highest BCUT2D eigenvalue weighted by Gasteiger charge is 2.59. The fourth-order valence-electron chi connectivity index (χ4n) is 6.84. The van der Waals surface area contributed by atoms with Gasteiger partial charge in [-0.2, -0.15) is 0 Å². The Bertz CT molecular complexity index is 574. The smallest absolute Gasteiger partial charge is 0.163 e. The summed E-state index contributed by atoms with van der Waals surface area (Å²) < 4.78 is 0. The topological polar surface area (TPSA) is 34.1 Å². The van der Waals surface area contributed by atoms with E-state index in [0.29, 0.717) is 17.3 Å². The molecule has 0 spiro atoms. The molecule has 2 nitrogen and oxygen atoms in total. The Hall–Kier alpha value is -0.920. The first-order chi connectivity index (χ1) is 10.3. The lowest BCUT2D eigenvalue weighted by molar-refractivity contribution is -0.139. The number of Topliss-reactive ketones (excluding diaryl/α,β-unsaturated/α-hetero) is 1. The molecular formula is C20H28O2. The normalized spacial score (nSPS) is 51.0. The molecule has 22 heavy (non-hydrogen) atoms. The van der Waals surface area contributed by atoms with Crippen LogP contribution in [0, 0.1) is 34.5 Å². The average Bonchev–Trinajstić information content (AvgIpc) is 2.75. The average molecular weight is 300 g/mol. The summed E-state index contributed by atoms with van der Waals surface area (Å²) in [6.07, 6.45) is 9.29. The molecule has 4 rings (SSSR count). The van der Waals surface area contributed by atoms with E-state index in [4.69, 9.17) is 0 Å². The van der Waals surface area contributed by atoms with Crippen LogP contribution >= 0.6 is 0 Å². The minimum Gasteiger partial charge on any atom is -0.298 e. The molecule has 4 aliphatic carbocycles. The van der Waals surface area contributed by atoms with E-state index in [1.165, 1.54) is 32.1 Å². The van der Waals surface area contributed by atoms with Crippen LogP contribution in [0.2, 0.25) is 0 Å². The lowest BCUT2D eigenvalue weighted by atomic mass is 9.47. The van der Waals surface area contributed by atoms with Crippen LogP contribution in [0.5, 0.6) is 0 Å². The van der Waals surface area contributed by atoms with Gasteiger partial charge >= 0.3 is 0 Å². The van der Waals surface area contributed by atoms with Gasteiger partial charge in [0.15, 0.2) is 11.6 Å². The highest BCUT2D eigenvalue weighted by molar-refractivity contribution is 6.11.